The molecule has 3 rings (SSSR count). The van der Waals surface area contributed by atoms with Gasteiger partial charge in [0, 0.05) is 22.8 Å². The molecule has 0 saturated heterocycles. The molecule has 2 heterocycles. The summed E-state index contributed by atoms with van der Waals surface area (Å²) >= 11 is 3.57. The number of aryl methyl sites for hydroxylation is 2. The minimum absolute atomic E-state index is 0.0292. The van der Waals surface area contributed by atoms with Gasteiger partial charge in [-0.25, -0.2) is 0 Å². The number of aromatic nitrogens is 2. The summed E-state index contributed by atoms with van der Waals surface area (Å²) in [6.07, 6.45) is 0. The van der Waals surface area contributed by atoms with Gasteiger partial charge >= 0.3 is 0 Å². The van der Waals surface area contributed by atoms with Crippen molar-refractivity contribution in [3.05, 3.63) is 39.1 Å². The van der Waals surface area contributed by atoms with E-state index in [4.69, 9.17) is 9.47 Å². The van der Waals surface area contributed by atoms with Crippen LogP contribution in [-0.2, 0) is 11.8 Å². The topological polar surface area (TPSA) is 65.4 Å². The van der Waals surface area contributed by atoms with Crippen molar-refractivity contribution in [2.24, 2.45) is 7.05 Å². The molecule has 1 aliphatic rings. The van der Waals surface area contributed by atoms with Crippen LogP contribution in [-0.4, -0.2) is 28.9 Å². The van der Waals surface area contributed by atoms with E-state index < -0.39 is 0 Å². The Morgan fingerprint density at radius 2 is 1.85 bits per heavy atom. The first-order chi connectivity index (χ1) is 12.3. The standard InChI is InChI=1S/C19H24BrN3O3/c1-10(18-12(3)22-23(5)13(18)4)19(24)21-11(2)14-8-16-17(9-15(14)20)26-7-6-25-16/h8-11H,6-7H2,1-5H3,(H,21,24)/t10-,11+/m1/s1. The van der Waals surface area contributed by atoms with Crippen molar-refractivity contribution in [3.63, 3.8) is 0 Å². The Labute approximate surface area is 162 Å². The molecule has 1 aliphatic heterocycles. The fourth-order valence-corrected chi connectivity index (χ4v) is 4.04. The molecule has 2 atom stereocenters. The maximum Gasteiger partial charge on any atom is 0.227 e. The second kappa shape index (κ2) is 7.31. The van der Waals surface area contributed by atoms with E-state index >= 15 is 0 Å². The maximum atomic E-state index is 12.8. The lowest BCUT2D eigenvalue weighted by molar-refractivity contribution is -0.122. The van der Waals surface area contributed by atoms with Crippen LogP contribution in [0.25, 0.3) is 0 Å². The first-order valence-electron chi connectivity index (χ1n) is 8.69. The molecule has 0 unspecified atom stereocenters. The number of ether oxygens (including phenoxy) is 2. The quantitative estimate of drug-likeness (QED) is 0.819. The first-order valence-corrected chi connectivity index (χ1v) is 9.48. The van der Waals surface area contributed by atoms with Crippen LogP contribution < -0.4 is 14.8 Å². The van der Waals surface area contributed by atoms with Crippen LogP contribution in [0.15, 0.2) is 16.6 Å². The number of amides is 1. The molecular weight excluding hydrogens is 398 g/mol. The van der Waals surface area contributed by atoms with Crippen LogP contribution in [0.1, 0.15) is 48.3 Å². The molecule has 1 amide bonds. The molecule has 0 bridgehead atoms. The Hall–Kier alpha value is -2.02. The molecule has 0 aliphatic carbocycles. The predicted molar refractivity (Wildman–Crippen MR) is 103 cm³/mol. The summed E-state index contributed by atoms with van der Waals surface area (Å²) < 4.78 is 13.9. The largest absolute Gasteiger partial charge is 0.486 e. The number of nitrogens with one attached hydrogen (secondary N) is 1. The van der Waals surface area contributed by atoms with Gasteiger partial charge in [0.15, 0.2) is 11.5 Å². The van der Waals surface area contributed by atoms with E-state index in [9.17, 15) is 4.79 Å². The molecule has 140 valence electrons. The number of carbonyl (C=O) groups excluding carboxylic acids is 1. The highest BCUT2D eigenvalue weighted by atomic mass is 79.9. The van der Waals surface area contributed by atoms with Crippen molar-refractivity contribution in [1.82, 2.24) is 15.1 Å². The van der Waals surface area contributed by atoms with Crippen LogP contribution >= 0.6 is 15.9 Å². The van der Waals surface area contributed by atoms with Gasteiger partial charge in [0.2, 0.25) is 5.91 Å². The van der Waals surface area contributed by atoms with Crippen molar-refractivity contribution in [2.45, 2.75) is 39.7 Å². The van der Waals surface area contributed by atoms with Gasteiger partial charge in [0.25, 0.3) is 0 Å². The molecule has 7 heteroatoms. The number of rotatable bonds is 4. The van der Waals surface area contributed by atoms with Crippen LogP contribution in [0.5, 0.6) is 11.5 Å². The normalized spacial score (nSPS) is 15.5. The predicted octanol–water partition coefficient (Wildman–Crippen LogP) is 3.55. The van der Waals surface area contributed by atoms with Crippen molar-refractivity contribution in [1.29, 1.82) is 0 Å². The first kappa shape index (κ1) is 18.8. The number of hydrogen-bond acceptors (Lipinski definition) is 4. The number of fused-ring (bicyclic) bond motifs is 1. The Balaban J connectivity index is 1.79. The molecule has 1 N–H and O–H groups in total. The summed E-state index contributed by atoms with van der Waals surface area (Å²) in [7, 11) is 1.89. The molecule has 1 aromatic heterocycles. The number of carbonyl (C=O) groups is 1. The van der Waals surface area contributed by atoms with Crippen molar-refractivity contribution < 1.29 is 14.3 Å². The smallest absolute Gasteiger partial charge is 0.227 e. The van der Waals surface area contributed by atoms with Crippen LogP contribution in [0, 0.1) is 13.8 Å². The number of benzene rings is 1. The third-order valence-electron chi connectivity index (χ3n) is 4.88. The Bertz CT molecular complexity index is 847. The minimum atomic E-state index is -0.276. The van der Waals surface area contributed by atoms with E-state index in [2.05, 4.69) is 26.3 Å². The van der Waals surface area contributed by atoms with E-state index in [1.54, 1.807) is 0 Å². The molecular formula is C19H24BrN3O3. The Morgan fingerprint density at radius 1 is 1.23 bits per heavy atom. The van der Waals surface area contributed by atoms with Gasteiger partial charge in [-0.15, -0.1) is 0 Å². The van der Waals surface area contributed by atoms with Gasteiger partial charge in [0.05, 0.1) is 17.7 Å². The van der Waals surface area contributed by atoms with Crippen LogP contribution in [0.2, 0.25) is 0 Å². The van der Waals surface area contributed by atoms with Gasteiger partial charge < -0.3 is 14.8 Å². The molecule has 0 fully saturated rings. The monoisotopic (exact) mass is 421 g/mol. The zero-order valence-electron chi connectivity index (χ0n) is 15.7. The summed E-state index contributed by atoms with van der Waals surface area (Å²) in [5.41, 5.74) is 3.84. The van der Waals surface area contributed by atoms with E-state index in [1.807, 2.05) is 51.6 Å². The van der Waals surface area contributed by atoms with E-state index in [0.717, 1.165) is 32.7 Å². The van der Waals surface area contributed by atoms with E-state index in [-0.39, 0.29) is 17.9 Å². The number of halogens is 1. The van der Waals surface area contributed by atoms with Gasteiger partial charge in [-0.1, -0.05) is 15.9 Å². The molecule has 2 aromatic rings. The highest BCUT2D eigenvalue weighted by Crippen LogP contribution is 2.38. The summed E-state index contributed by atoms with van der Waals surface area (Å²) in [4.78, 5) is 12.8. The molecule has 26 heavy (non-hydrogen) atoms. The number of nitrogens with zero attached hydrogens (tertiary/aromatic N) is 2. The van der Waals surface area contributed by atoms with Crippen molar-refractivity contribution >= 4 is 21.8 Å². The third-order valence-corrected chi connectivity index (χ3v) is 5.56. The van der Waals surface area contributed by atoms with Gasteiger partial charge in [-0.2, -0.15) is 5.10 Å². The lowest BCUT2D eigenvalue weighted by atomic mass is 9.97. The van der Waals surface area contributed by atoms with Crippen molar-refractivity contribution in [3.8, 4) is 11.5 Å². The molecule has 6 nitrogen and oxygen atoms in total. The zero-order chi connectivity index (χ0) is 19.0. The SMILES string of the molecule is Cc1nn(C)c(C)c1[C@@H](C)C(=O)N[C@@H](C)c1cc2c(cc1Br)OCCO2. The van der Waals surface area contributed by atoms with E-state index in [0.29, 0.717) is 19.0 Å². The highest BCUT2D eigenvalue weighted by Gasteiger charge is 2.25. The van der Waals surface area contributed by atoms with Crippen LogP contribution in [0.3, 0.4) is 0 Å². The fraction of sp³-hybridized carbons (Fsp3) is 0.474. The Kier molecular flexibility index (Phi) is 5.27. The summed E-state index contributed by atoms with van der Waals surface area (Å²) in [5, 5.41) is 7.52. The average molecular weight is 422 g/mol. The maximum absolute atomic E-state index is 12.8. The van der Waals surface area contributed by atoms with Gasteiger partial charge in [-0.3, -0.25) is 9.48 Å². The third kappa shape index (κ3) is 3.45. The van der Waals surface area contributed by atoms with Crippen molar-refractivity contribution in [2.75, 3.05) is 13.2 Å². The summed E-state index contributed by atoms with van der Waals surface area (Å²) in [6.45, 7) is 8.88. The summed E-state index contributed by atoms with van der Waals surface area (Å²) in [5.74, 6) is 1.13. The van der Waals surface area contributed by atoms with Gasteiger partial charge in [-0.05, 0) is 45.4 Å². The Morgan fingerprint density at radius 3 is 2.42 bits per heavy atom. The molecule has 1 aromatic carbocycles. The number of hydrogen-bond donors (Lipinski definition) is 1. The average Bonchev–Trinajstić information content (AvgIpc) is 2.85. The fourth-order valence-electron chi connectivity index (χ4n) is 3.38. The molecule has 0 radical (unpaired) electrons. The second-order valence-corrected chi connectivity index (χ2v) is 7.53. The van der Waals surface area contributed by atoms with E-state index in [1.165, 1.54) is 0 Å². The molecule has 0 spiro atoms. The summed E-state index contributed by atoms with van der Waals surface area (Å²) in [6, 6.07) is 3.65. The minimum Gasteiger partial charge on any atom is -0.486 e. The lowest BCUT2D eigenvalue weighted by Crippen LogP contribution is -2.31. The van der Waals surface area contributed by atoms with Crippen LogP contribution in [0.4, 0.5) is 0 Å². The van der Waals surface area contributed by atoms with Gasteiger partial charge in [0.1, 0.15) is 13.2 Å². The highest BCUT2D eigenvalue weighted by molar-refractivity contribution is 9.10. The zero-order valence-corrected chi connectivity index (χ0v) is 17.3. The molecule has 0 saturated carbocycles. The second-order valence-electron chi connectivity index (χ2n) is 6.68. The lowest BCUT2D eigenvalue weighted by Gasteiger charge is -2.23.